The highest BCUT2D eigenvalue weighted by Crippen LogP contribution is 2.36. The normalized spacial score (nSPS) is 18.5. The number of benzene rings is 1. The minimum atomic E-state index is -0.526. The predicted octanol–water partition coefficient (Wildman–Crippen LogP) is 2.26. The Morgan fingerprint density at radius 2 is 1.86 bits per heavy atom. The molecule has 0 atom stereocenters. The third kappa shape index (κ3) is 4.15. The van der Waals surface area contributed by atoms with E-state index in [1.165, 1.54) is 0 Å². The van der Waals surface area contributed by atoms with Gasteiger partial charge >= 0.3 is 13.2 Å². The van der Waals surface area contributed by atoms with Crippen molar-refractivity contribution < 1.29 is 18.8 Å². The van der Waals surface area contributed by atoms with Gasteiger partial charge in [0.25, 0.3) is 0 Å². The molecule has 1 aliphatic rings. The lowest BCUT2D eigenvalue weighted by molar-refractivity contribution is 0.00578. The quantitative estimate of drug-likeness (QED) is 0.809. The van der Waals surface area contributed by atoms with E-state index < -0.39 is 30.0 Å². The maximum Gasteiger partial charge on any atom is 0.497 e. The number of alkyl carbamates (subject to hydrolysis) is 1. The van der Waals surface area contributed by atoms with Crippen LogP contribution in [0.15, 0.2) is 18.2 Å². The van der Waals surface area contributed by atoms with Crippen LogP contribution in [-0.4, -0.2) is 51.6 Å². The summed E-state index contributed by atoms with van der Waals surface area (Å²) >= 11 is 0. The minimum absolute atomic E-state index is 0.383. The molecule has 0 aliphatic carbocycles. The summed E-state index contributed by atoms with van der Waals surface area (Å²) in [5.41, 5.74) is 1.07. The third-order valence-corrected chi connectivity index (χ3v) is 5.08. The highest BCUT2D eigenvalue weighted by Gasteiger charge is 2.52. The molecule has 0 unspecified atom stereocenters. The number of fused-ring (bicyclic) bond motifs is 1. The Kier molecular flexibility index (Phi) is 5.18. The van der Waals surface area contributed by atoms with Crippen LogP contribution in [0, 0.1) is 0 Å². The van der Waals surface area contributed by atoms with E-state index in [-0.39, 0.29) is 0 Å². The van der Waals surface area contributed by atoms with Crippen LogP contribution in [0.5, 0.6) is 0 Å². The lowest BCUT2D eigenvalue weighted by Gasteiger charge is -2.32. The summed E-state index contributed by atoms with van der Waals surface area (Å²) in [6, 6.07) is 5.82. The molecule has 1 N–H and O–H groups in total. The number of aromatic nitrogens is 3. The fourth-order valence-electron chi connectivity index (χ4n) is 2.92. The van der Waals surface area contributed by atoms with Gasteiger partial charge in [0, 0.05) is 12.0 Å². The molecule has 8 nitrogen and oxygen atoms in total. The molecule has 1 aromatic carbocycles. The average molecular weight is 388 g/mol. The molecule has 152 valence electrons. The highest BCUT2D eigenvalue weighted by molar-refractivity contribution is 6.64. The standard InChI is InChI=1S/C19H29BN4O4/c1-17(2,3)26-16(25)21-11-12-24-14-10-8-9-13(15(14)22-23-24)20-27-18(4,5)19(6,7)28-20/h8-10H,11-12H2,1-7H3,(H,21,25). The molecule has 28 heavy (non-hydrogen) atoms. The third-order valence-electron chi connectivity index (χ3n) is 5.08. The molecule has 2 heterocycles. The Hall–Kier alpha value is -2.13. The zero-order valence-electron chi connectivity index (χ0n) is 17.7. The molecule has 0 saturated carbocycles. The van der Waals surface area contributed by atoms with Gasteiger partial charge in [0.1, 0.15) is 11.1 Å². The van der Waals surface area contributed by atoms with Crippen LogP contribution in [0.3, 0.4) is 0 Å². The number of carbonyl (C=O) groups excluding carboxylic acids is 1. The topological polar surface area (TPSA) is 87.5 Å². The minimum Gasteiger partial charge on any atom is -0.444 e. The highest BCUT2D eigenvalue weighted by atomic mass is 16.7. The largest absolute Gasteiger partial charge is 0.497 e. The second kappa shape index (κ2) is 7.04. The summed E-state index contributed by atoms with van der Waals surface area (Å²) in [5, 5.41) is 11.3. The van der Waals surface area contributed by atoms with Crippen molar-refractivity contribution in [2.24, 2.45) is 0 Å². The maximum atomic E-state index is 11.8. The van der Waals surface area contributed by atoms with E-state index in [4.69, 9.17) is 14.0 Å². The Balaban J connectivity index is 1.73. The Morgan fingerprint density at radius 3 is 2.46 bits per heavy atom. The van der Waals surface area contributed by atoms with Gasteiger partial charge in [-0.1, -0.05) is 17.3 Å². The first-order valence-electron chi connectivity index (χ1n) is 9.54. The molecular weight excluding hydrogens is 359 g/mol. The Bertz CT molecular complexity index is 856. The molecule has 9 heteroatoms. The van der Waals surface area contributed by atoms with Gasteiger partial charge < -0.3 is 19.4 Å². The first kappa shape index (κ1) is 20.6. The first-order chi connectivity index (χ1) is 12.9. The lowest BCUT2D eigenvalue weighted by atomic mass is 9.78. The van der Waals surface area contributed by atoms with Crippen LogP contribution < -0.4 is 10.8 Å². The Labute approximate surface area is 166 Å². The van der Waals surface area contributed by atoms with Gasteiger partial charge in [0.15, 0.2) is 0 Å². The van der Waals surface area contributed by atoms with Crippen LogP contribution in [0.1, 0.15) is 48.5 Å². The molecule has 0 bridgehead atoms. The van der Waals surface area contributed by atoms with E-state index in [0.717, 1.165) is 16.5 Å². The molecule has 1 aliphatic heterocycles. The van der Waals surface area contributed by atoms with E-state index >= 15 is 0 Å². The number of hydrogen-bond acceptors (Lipinski definition) is 6. The molecule has 0 radical (unpaired) electrons. The molecule has 1 saturated heterocycles. The summed E-state index contributed by atoms with van der Waals surface area (Å²) < 4.78 is 19.3. The molecule has 1 fully saturated rings. The van der Waals surface area contributed by atoms with Gasteiger partial charge in [0.2, 0.25) is 0 Å². The van der Waals surface area contributed by atoms with E-state index in [2.05, 4.69) is 15.6 Å². The van der Waals surface area contributed by atoms with E-state index in [0.29, 0.717) is 13.1 Å². The summed E-state index contributed by atoms with van der Waals surface area (Å²) in [7, 11) is -0.501. The van der Waals surface area contributed by atoms with Crippen LogP contribution >= 0.6 is 0 Å². The van der Waals surface area contributed by atoms with Crippen LogP contribution in [0.2, 0.25) is 0 Å². The van der Waals surface area contributed by atoms with Crippen molar-refractivity contribution in [1.29, 1.82) is 0 Å². The van der Waals surface area contributed by atoms with Crippen molar-refractivity contribution in [2.45, 2.75) is 71.8 Å². The van der Waals surface area contributed by atoms with Gasteiger partial charge in [-0.2, -0.15) is 0 Å². The number of carbonyl (C=O) groups is 1. The smallest absolute Gasteiger partial charge is 0.444 e. The summed E-state index contributed by atoms with van der Waals surface area (Å²) in [6.07, 6.45) is -0.449. The maximum absolute atomic E-state index is 11.8. The lowest BCUT2D eigenvalue weighted by Crippen LogP contribution is -2.41. The van der Waals surface area contributed by atoms with Crippen molar-refractivity contribution >= 4 is 29.7 Å². The zero-order chi connectivity index (χ0) is 20.7. The van der Waals surface area contributed by atoms with Crippen molar-refractivity contribution in [2.75, 3.05) is 6.54 Å². The summed E-state index contributed by atoms with van der Waals surface area (Å²) in [5.74, 6) is 0. The number of rotatable bonds is 4. The van der Waals surface area contributed by atoms with Gasteiger partial charge in [-0.15, -0.1) is 5.10 Å². The zero-order valence-corrected chi connectivity index (χ0v) is 17.7. The van der Waals surface area contributed by atoms with E-state index in [9.17, 15) is 4.79 Å². The summed E-state index contributed by atoms with van der Waals surface area (Å²) in [4.78, 5) is 11.8. The number of amides is 1. The number of ether oxygens (including phenoxy) is 1. The molecule has 1 amide bonds. The van der Waals surface area contributed by atoms with Gasteiger partial charge in [-0.3, -0.25) is 0 Å². The van der Waals surface area contributed by atoms with Crippen LogP contribution in [0.25, 0.3) is 11.0 Å². The molecule has 0 spiro atoms. The van der Waals surface area contributed by atoms with Gasteiger partial charge in [-0.25, -0.2) is 9.48 Å². The predicted molar refractivity (Wildman–Crippen MR) is 107 cm³/mol. The Morgan fingerprint density at radius 1 is 1.21 bits per heavy atom. The van der Waals surface area contributed by atoms with Crippen molar-refractivity contribution in [3.63, 3.8) is 0 Å². The van der Waals surface area contributed by atoms with Crippen molar-refractivity contribution in [3.8, 4) is 0 Å². The molecular formula is C19H29BN4O4. The SMILES string of the molecule is CC(C)(C)OC(=O)NCCn1nnc2c(B3OC(C)(C)C(C)(C)O3)cccc21. The van der Waals surface area contributed by atoms with Crippen molar-refractivity contribution in [1.82, 2.24) is 20.3 Å². The second-order valence-corrected chi connectivity index (χ2v) is 9.04. The molecule has 3 rings (SSSR count). The average Bonchev–Trinajstić information content (AvgIpc) is 3.04. The molecule has 1 aromatic heterocycles. The van der Waals surface area contributed by atoms with Crippen molar-refractivity contribution in [3.05, 3.63) is 18.2 Å². The second-order valence-electron chi connectivity index (χ2n) is 9.04. The van der Waals surface area contributed by atoms with Crippen LogP contribution in [0.4, 0.5) is 4.79 Å². The van der Waals surface area contributed by atoms with Gasteiger partial charge in [-0.05, 0) is 54.5 Å². The van der Waals surface area contributed by atoms with Crippen LogP contribution in [-0.2, 0) is 20.6 Å². The number of nitrogens with zero attached hydrogens (tertiary/aromatic N) is 3. The molecule has 2 aromatic rings. The van der Waals surface area contributed by atoms with E-state index in [1.807, 2.05) is 66.7 Å². The number of hydrogen-bond donors (Lipinski definition) is 1. The monoisotopic (exact) mass is 388 g/mol. The van der Waals surface area contributed by atoms with Gasteiger partial charge in [0.05, 0.1) is 23.3 Å². The first-order valence-corrected chi connectivity index (χ1v) is 9.54. The van der Waals surface area contributed by atoms with E-state index in [1.54, 1.807) is 4.68 Å². The number of nitrogens with one attached hydrogen (secondary N) is 1. The fourth-order valence-corrected chi connectivity index (χ4v) is 2.92. The fraction of sp³-hybridized carbons (Fsp3) is 0.632. The summed E-state index contributed by atoms with van der Waals surface area (Å²) in [6.45, 7) is 14.4.